The number of carbonyl (C=O) groups excluding carboxylic acids is 2. The quantitative estimate of drug-likeness (QED) is 0.624. The van der Waals surface area contributed by atoms with Crippen LogP contribution < -0.4 is 0 Å². The summed E-state index contributed by atoms with van der Waals surface area (Å²) in [5, 5.41) is 0. The lowest BCUT2D eigenvalue weighted by atomic mass is 9.87. The minimum atomic E-state index is -4.56. The number of halogens is 3. The van der Waals surface area contributed by atoms with Crippen LogP contribution in [-0.4, -0.2) is 30.8 Å². The summed E-state index contributed by atoms with van der Waals surface area (Å²) in [5.74, 6) is -0.752. The predicted octanol–water partition coefficient (Wildman–Crippen LogP) is 4.16. The number of alkyl halides is 3. The molecule has 0 heterocycles. The van der Waals surface area contributed by atoms with Crippen molar-refractivity contribution >= 4 is 11.9 Å². The second kappa shape index (κ2) is 9.78. The van der Waals surface area contributed by atoms with E-state index in [1.165, 1.54) is 32.1 Å². The highest BCUT2D eigenvalue weighted by Gasteiger charge is 2.38. The van der Waals surface area contributed by atoms with Crippen molar-refractivity contribution in [1.29, 1.82) is 0 Å². The van der Waals surface area contributed by atoms with Gasteiger partial charge < -0.3 is 9.47 Å². The Balaban J connectivity index is 2.05. The minimum Gasteiger partial charge on any atom is -0.466 e. The van der Waals surface area contributed by atoms with Crippen LogP contribution in [0, 0.1) is 5.92 Å². The summed E-state index contributed by atoms with van der Waals surface area (Å²) in [6, 6.07) is 0. The molecule has 1 fully saturated rings. The molecule has 0 bridgehead atoms. The summed E-state index contributed by atoms with van der Waals surface area (Å²) in [4.78, 5) is 22.7. The molecule has 134 valence electrons. The molecule has 4 nitrogen and oxygen atoms in total. The van der Waals surface area contributed by atoms with Crippen LogP contribution in [0.1, 0.15) is 64.7 Å². The highest BCUT2D eigenvalue weighted by atomic mass is 19.4. The zero-order chi connectivity index (χ0) is 17.3. The fourth-order valence-corrected chi connectivity index (χ4v) is 2.59. The average Bonchev–Trinajstić information content (AvgIpc) is 2.47. The second-order valence-corrected chi connectivity index (χ2v) is 6.04. The number of rotatable bonds is 8. The van der Waals surface area contributed by atoms with Crippen molar-refractivity contribution in [2.24, 2.45) is 5.92 Å². The van der Waals surface area contributed by atoms with Gasteiger partial charge in [-0.3, -0.25) is 9.59 Å². The summed E-state index contributed by atoms with van der Waals surface area (Å²) < 4.78 is 45.9. The molecule has 0 aromatic carbocycles. The lowest BCUT2D eigenvalue weighted by Crippen LogP contribution is -2.30. The van der Waals surface area contributed by atoms with Crippen LogP contribution in [0.15, 0.2) is 0 Å². The lowest BCUT2D eigenvalue weighted by molar-refractivity contribution is -0.216. The highest BCUT2D eigenvalue weighted by molar-refractivity contribution is 5.72. The average molecular weight is 338 g/mol. The lowest BCUT2D eigenvalue weighted by Gasteiger charge is -2.21. The van der Waals surface area contributed by atoms with Gasteiger partial charge in [-0.1, -0.05) is 32.1 Å². The van der Waals surface area contributed by atoms with Crippen LogP contribution in [0.4, 0.5) is 13.2 Å². The van der Waals surface area contributed by atoms with E-state index in [0.29, 0.717) is 12.5 Å². The first-order valence-electron chi connectivity index (χ1n) is 8.21. The Morgan fingerprint density at radius 1 is 1.09 bits per heavy atom. The molecule has 1 saturated carbocycles. The van der Waals surface area contributed by atoms with Gasteiger partial charge in [-0.05, 0) is 25.7 Å². The zero-order valence-corrected chi connectivity index (χ0v) is 13.5. The Hall–Kier alpha value is -1.27. The molecule has 7 heteroatoms. The molecule has 0 saturated heterocycles. The predicted molar refractivity (Wildman–Crippen MR) is 77.6 cm³/mol. The standard InChI is InChI=1S/C16H25F3O4/c1-12(16(17,18)19)23-15(21)9-5-8-14(20)22-11-10-13-6-3-2-4-7-13/h12-13H,2-11H2,1H3. The first-order valence-corrected chi connectivity index (χ1v) is 8.21. The van der Waals surface area contributed by atoms with Crippen LogP contribution in [0.3, 0.4) is 0 Å². The maximum absolute atomic E-state index is 12.2. The molecule has 0 radical (unpaired) electrons. The van der Waals surface area contributed by atoms with E-state index in [-0.39, 0.29) is 19.3 Å². The third kappa shape index (κ3) is 8.81. The number of hydrogen-bond acceptors (Lipinski definition) is 4. The van der Waals surface area contributed by atoms with Gasteiger partial charge in [0.1, 0.15) is 0 Å². The van der Waals surface area contributed by atoms with Crippen LogP contribution >= 0.6 is 0 Å². The van der Waals surface area contributed by atoms with Gasteiger partial charge in [0.15, 0.2) is 6.10 Å². The van der Waals surface area contributed by atoms with E-state index in [1.54, 1.807) is 0 Å². The molecule has 23 heavy (non-hydrogen) atoms. The molecule has 0 N–H and O–H groups in total. The van der Waals surface area contributed by atoms with Crippen LogP contribution in [-0.2, 0) is 19.1 Å². The van der Waals surface area contributed by atoms with Crippen molar-refractivity contribution in [2.75, 3.05) is 6.61 Å². The van der Waals surface area contributed by atoms with Crippen molar-refractivity contribution in [1.82, 2.24) is 0 Å². The van der Waals surface area contributed by atoms with E-state index in [0.717, 1.165) is 13.3 Å². The molecule has 1 aliphatic rings. The summed E-state index contributed by atoms with van der Waals surface area (Å²) in [6.07, 6.45) is 0.196. The summed E-state index contributed by atoms with van der Waals surface area (Å²) in [6.45, 7) is 1.15. The molecule has 1 unspecified atom stereocenters. The number of carbonyl (C=O) groups is 2. The molecule has 0 aliphatic heterocycles. The van der Waals surface area contributed by atoms with Crippen LogP contribution in [0.25, 0.3) is 0 Å². The third-order valence-electron chi connectivity index (χ3n) is 4.04. The van der Waals surface area contributed by atoms with E-state index < -0.39 is 24.2 Å². The fourth-order valence-electron chi connectivity index (χ4n) is 2.59. The Labute approximate surface area is 134 Å². The fraction of sp³-hybridized carbons (Fsp3) is 0.875. The molecular formula is C16H25F3O4. The Morgan fingerprint density at radius 2 is 1.70 bits per heavy atom. The largest absolute Gasteiger partial charge is 0.466 e. The van der Waals surface area contributed by atoms with Gasteiger partial charge in [0.05, 0.1) is 6.61 Å². The molecule has 1 atom stereocenters. The van der Waals surface area contributed by atoms with E-state index in [4.69, 9.17) is 4.74 Å². The van der Waals surface area contributed by atoms with Crippen molar-refractivity contribution in [3.63, 3.8) is 0 Å². The van der Waals surface area contributed by atoms with Crippen molar-refractivity contribution < 1.29 is 32.2 Å². The Kier molecular flexibility index (Phi) is 8.41. The number of ether oxygens (including phenoxy) is 2. The van der Waals surface area contributed by atoms with Crippen LogP contribution in [0.2, 0.25) is 0 Å². The van der Waals surface area contributed by atoms with Gasteiger partial charge in [-0.2, -0.15) is 13.2 Å². The normalized spacial score (nSPS) is 17.6. The maximum Gasteiger partial charge on any atom is 0.425 e. The summed E-state index contributed by atoms with van der Waals surface area (Å²) in [5.41, 5.74) is 0. The van der Waals surface area contributed by atoms with Crippen molar-refractivity contribution in [2.45, 2.75) is 77.0 Å². The van der Waals surface area contributed by atoms with E-state index >= 15 is 0 Å². The first-order chi connectivity index (χ1) is 10.8. The van der Waals surface area contributed by atoms with Gasteiger partial charge in [0, 0.05) is 12.8 Å². The molecule has 0 aromatic heterocycles. The van der Waals surface area contributed by atoms with Gasteiger partial charge in [0.25, 0.3) is 0 Å². The maximum atomic E-state index is 12.2. The molecule has 0 spiro atoms. The summed E-state index contributed by atoms with van der Waals surface area (Å²) >= 11 is 0. The molecule has 0 aromatic rings. The van der Waals surface area contributed by atoms with E-state index in [1.807, 2.05) is 0 Å². The SMILES string of the molecule is CC(OC(=O)CCCC(=O)OCCC1CCCCC1)C(F)(F)F. The smallest absolute Gasteiger partial charge is 0.425 e. The molecule has 1 rings (SSSR count). The Morgan fingerprint density at radius 3 is 2.30 bits per heavy atom. The zero-order valence-electron chi connectivity index (χ0n) is 13.5. The van der Waals surface area contributed by atoms with Crippen LogP contribution in [0.5, 0.6) is 0 Å². The summed E-state index contributed by atoms with van der Waals surface area (Å²) in [7, 11) is 0. The van der Waals surface area contributed by atoms with E-state index in [2.05, 4.69) is 4.74 Å². The monoisotopic (exact) mass is 338 g/mol. The topological polar surface area (TPSA) is 52.6 Å². The van der Waals surface area contributed by atoms with Gasteiger partial charge in [-0.25, -0.2) is 0 Å². The van der Waals surface area contributed by atoms with Gasteiger partial charge >= 0.3 is 18.1 Å². The second-order valence-electron chi connectivity index (χ2n) is 6.04. The van der Waals surface area contributed by atoms with Gasteiger partial charge in [0.2, 0.25) is 0 Å². The number of hydrogen-bond donors (Lipinski definition) is 0. The number of esters is 2. The molecule has 0 amide bonds. The van der Waals surface area contributed by atoms with Gasteiger partial charge in [-0.15, -0.1) is 0 Å². The molecule has 1 aliphatic carbocycles. The van der Waals surface area contributed by atoms with Crippen molar-refractivity contribution in [3.05, 3.63) is 0 Å². The molecular weight excluding hydrogens is 313 g/mol. The Bertz CT molecular complexity index is 376. The minimum absolute atomic E-state index is 0.0141. The van der Waals surface area contributed by atoms with Crippen molar-refractivity contribution in [3.8, 4) is 0 Å². The third-order valence-corrected chi connectivity index (χ3v) is 4.04. The first kappa shape index (κ1) is 19.8. The highest BCUT2D eigenvalue weighted by Crippen LogP contribution is 2.26. The van der Waals surface area contributed by atoms with E-state index in [9.17, 15) is 22.8 Å².